The lowest BCUT2D eigenvalue weighted by Crippen LogP contribution is -2.42. The Kier molecular flexibility index (Phi) is 6.50. The lowest BCUT2D eigenvalue weighted by molar-refractivity contribution is -0.118. The molecule has 0 radical (unpaired) electrons. The van der Waals surface area contributed by atoms with Gasteiger partial charge in [-0.05, 0) is 53.8 Å². The number of benzene rings is 4. The third kappa shape index (κ3) is 4.45. The summed E-state index contributed by atoms with van der Waals surface area (Å²) in [7, 11) is 1.60. The van der Waals surface area contributed by atoms with Crippen molar-refractivity contribution in [2.24, 2.45) is 0 Å². The fourth-order valence-corrected chi connectivity index (χ4v) is 4.70. The van der Waals surface area contributed by atoms with Gasteiger partial charge in [-0.15, -0.1) is 0 Å². The highest BCUT2D eigenvalue weighted by Crippen LogP contribution is 2.30. The fourth-order valence-electron chi connectivity index (χ4n) is 4.70. The van der Waals surface area contributed by atoms with E-state index >= 15 is 0 Å². The van der Waals surface area contributed by atoms with Gasteiger partial charge in [0.25, 0.3) is 11.8 Å². The van der Waals surface area contributed by atoms with Gasteiger partial charge < -0.3 is 9.64 Å². The molecule has 1 aliphatic rings. The van der Waals surface area contributed by atoms with Crippen LogP contribution in [0.15, 0.2) is 91.0 Å². The summed E-state index contributed by atoms with van der Waals surface area (Å²) in [6.45, 7) is 0.578. The Labute approximate surface area is 209 Å². The molecule has 4 aromatic carbocycles. The highest BCUT2D eigenvalue weighted by Gasteiger charge is 2.32. The average molecular weight is 479 g/mol. The molecule has 6 nitrogen and oxygen atoms in total. The molecule has 0 unspecified atom stereocenters. The minimum absolute atomic E-state index is 0.0576. The third-order valence-corrected chi connectivity index (χ3v) is 6.50. The Balaban J connectivity index is 1.35. The van der Waals surface area contributed by atoms with Crippen LogP contribution in [-0.2, 0) is 11.2 Å². The van der Waals surface area contributed by atoms with Gasteiger partial charge in [-0.2, -0.15) is 0 Å². The van der Waals surface area contributed by atoms with Crippen LogP contribution < -0.4 is 9.64 Å². The molecule has 1 aliphatic heterocycles. The second-order valence-corrected chi connectivity index (χ2v) is 8.73. The van der Waals surface area contributed by atoms with Crippen molar-refractivity contribution in [3.63, 3.8) is 0 Å². The van der Waals surface area contributed by atoms with Crippen molar-refractivity contribution in [1.29, 1.82) is 0 Å². The molecule has 0 aromatic heterocycles. The first kappa shape index (κ1) is 23.3. The van der Waals surface area contributed by atoms with Crippen molar-refractivity contribution in [3.8, 4) is 5.75 Å². The lowest BCUT2D eigenvalue weighted by Gasteiger charge is -2.29. The summed E-state index contributed by atoms with van der Waals surface area (Å²) >= 11 is 0. The first-order chi connectivity index (χ1) is 17.6. The topological polar surface area (TPSA) is 66.9 Å². The van der Waals surface area contributed by atoms with Crippen molar-refractivity contribution in [2.45, 2.75) is 12.8 Å². The summed E-state index contributed by atoms with van der Waals surface area (Å²) in [5.41, 5.74) is 2.74. The predicted octanol–water partition coefficient (Wildman–Crippen LogP) is 5.11. The Morgan fingerprint density at radius 3 is 2.06 bits per heavy atom. The van der Waals surface area contributed by atoms with E-state index in [9.17, 15) is 14.4 Å². The highest BCUT2D eigenvalue weighted by atomic mass is 16.5. The summed E-state index contributed by atoms with van der Waals surface area (Å²) in [5.74, 6) is 0.0520. The normalized spacial score (nSPS) is 12.6. The van der Waals surface area contributed by atoms with Crippen molar-refractivity contribution < 1.29 is 19.1 Å². The Hall–Kier alpha value is -4.45. The van der Waals surface area contributed by atoms with Gasteiger partial charge in [0.05, 0.1) is 13.5 Å². The molecule has 0 N–H and O–H groups in total. The quantitative estimate of drug-likeness (QED) is 0.330. The molecule has 5 rings (SSSR count). The number of ether oxygens (including phenoxy) is 1. The van der Waals surface area contributed by atoms with Crippen LogP contribution in [0.5, 0.6) is 5.75 Å². The van der Waals surface area contributed by atoms with Gasteiger partial charge in [0, 0.05) is 35.3 Å². The first-order valence-electron chi connectivity index (χ1n) is 11.9. The van der Waals surface area contributed by atoms with E-state index < -0.39 is 0 Å². The lowest BCUT2D eigenvalue weighted by atomic mass is 9.94. The van der Waals surface area contributed by atoms with E-state index in [1.165, 1.54) is 4.90 Å². The Morgan fingerprint density at radius 2 is 1.44 bits per heavy atom. The molecule has 0 atom stereocenters. The summed E-state index contributed by atoms with van der Waals surface area (Å²) in [5, 5.41) is 1.59. The maximum atomic E-state index is 13.3. The van der Waals surface area contributed by atoms with Crippen LogP contribution in [0.25, 0.3) is 10.8 Å². The largest absolute Gasteiger partial charge is 0.497 e. The SMILES string of the molecule is COc1ccc(N(CCCN2C(=O)c3cccc4cccc(c34)C2=O)C(=O)Cc2ccccc2)cc1. The second kappa shape index (κ2) is 10.0. The number of carbonyl (C=O) groups excluding carboxylic acids is 3. The standard InChI is InChI=1S/C30H26N2O4/c1-36-24-16-14-23(15-17-24)31(27(33)20-21-8-3-2-4-9-21)18-7-19-32-29(34)25-12-5-10-22-11-6-13-26(28(22)25)30(32)35/h2-6,8-17H,7,18-20H2,1H3. The fraction of sp³-hybridized carbons (Fsp3) is 0.167. The molecule has 0 bridgehead atoms. The van der Waals surface area contributed by atoms with Gasteiger partial charge >= 0.3 is 0 Å². The van der Waals surface area contributed by atoms with Gasteiger partial charge in [0.15, 0.2) is 0 Å². The zero-order chi connectivity index (χ0) is 25.1. The molecule has 36 heavy (non-hydrogen) atoms. The minimum Gasteiger partial charge on any atom is -0.497 e. The average Bonchev–Trinajstić information content (AvgIpc) is 2.92. The molecule has 180 valence electrons. The number of imide groups is 1. The molecular formula is C30H26N2O4. The van der Waals surface area contributed by atoms with Crippen LogP contribution in [-0.4, -0.2) is 42.8 Å². The molecule has 6 heteroatoms. The van der Waals surface area contributed by atoms with Crippen LogP contribution >= 0.6 is 0 Å². The van der Waals surface area contributed by atoms with Crippen LogP contribution in [0.1, 0.15) is 32.7 Å². The summed E-state index contributed by atoms with van der Waals surface area (Å²) < 4.78 is 5.26. The number of anilines is 1. The molecule has 3 amide bonds. The highest BCUT2D eigenvalue weighted by molar-refractivity contribution is 6.25. The number of hydrogen-bond acceptors (Lipinski definition) is 4. The van der Waals surface area contributed by atoms with Gasteiger partial charge in [-0.3, -0.25) is 19.3 Å². The molecule has 0 saturated heterocycles. The molecule has 0 fully saturated rings. The van der Waals surface area contributed by atoms with Gasteiger partial charge in [0.2, 0.25) is 5.91 Å². The van der Waals surface area contributed by atoms with Gasteiger partial charge in [-0.25, -0.2) is 0 Å². The maximum absolute atomic E-state index is 13.3. The molecule has 1 heterocycles. The molecular weight excluding hydrogens is 452 g/mol. The van der Waals surface area contributed by atoms with Gasteiger partial charge in [0.1, 0.15) is 5.75 Å². The number of nitrogens with zero attached hydrogens (tertiary/aromatic N) is 2. The zero-order valence-corrected chi connectivity index (χ0v) is 20.0. The summed E-state index contributed by atoms with van der Waals surface area (Å²) in [6.07, 6.45) is 0.700. The molecule has 0 spiro atoms. The number of amides is 3. The zero-order valence-electron chi connectivity index (χ0n) is 20.0. The first-order valence-corrected chi connectivity index (χ1v) is 11.9. The van der Waals surface area contributed by atoms with Crippen LogP contribution in [0.3, 0.4) is 0 Å². The smallest absolute Gasteiger partial charge is 0.261 e. The monoisotopic (exact) mass is 478 g/mol. The van der Waals surface area contributed by atoms with E-state index in [-0.39, 0.29) is 30.7 Å². The van der Waals surface area contributed by atoms with Gasteiger partial charge in [-0.1, -0.05) is 54.6 Å². The third-order valence-electron chi connectivity index (χ3n) is 6.50. The van der Waals surface area contributed by atoms with E-state index in [4.69, 9.17) is 4.74 Å². The van der Waals surface area contributed by atoms with E-state index in [1.54, 1.807) is 24.1 Å². The summed E-state index contributed by atoms with van der Waals surface area (Å²) in [4.78, 5) is 42.8. The number of hydrogen-bond donors (Lipinski definition) is 0. The number of carbonyl (C=O) groups is 3. The van der Waals surface area contributed by atoms with E-state index in [0.29, 0.717) is 35.2 Å². The summed E-state index contributed by atoms with van der Waals surface area (Å²) in [6, 6.07) is 27.9. The Bertz CT molecular complexity index is 1380. The molecule has 0 saturated carbocycles. The Morgan fingerprint density at radius 1 is 0.806 bits per heavy atom. The number of methoxy groups -OCH3 is 1. The van der Waals surface area contributed by atoms with E-state index in [0.717, 1.165) is 16.6 Å². The van der Waals surface area contributed by atoms with E-state index in [2.05, 4.69) is 0 Å². The second-order valence-electron chi connectivity index (χ2n) is 8.73. The number of rotatable bonds is 8. The van der Waals surface area contributed by atoms with Crippen molar-refractivity contribution in [1.82, 2.24) is 4.90 Å². The van der Waals surface area contributed by atoms with Crippen molar-refractivity contribution in [3.05, 3.63) is 108 Å². The van der Waals surface area contributed by atoms with Crippen molar-refractivity contribution >= 4 is 34.2 Å². The predicted molar refractivity (Wildman–Crippen MR) is 139 cm³/mol. The van der Waals surface area contributed by atoms with E-state index in [1.807, 2.05) is 78.9 Å². The van der Waals surface area contributed by atoms with Crippen LogP contribution in [0.4, 0.5) is 5.69 Å². The van der Waals surface area contributed by atoms with Crippen molar-refractivity contribution in [2.75, 3.05) is 25.1 Å². The van der Waals surface area contributed by atoms with Crippen LogP contribution in [0.2, 0.25) is 0 Å². The molecule has 4 aromatic rings. The molecule has 0 aliphatic carbocycles. The van der Waals surface area contributed by atoms with Crippen LogP contribution in [0, 0.1) is 0 Å². The minimum atomic E-state index is -0.295. The maximum Gasteiger partial charge on any atom is 0.261 e.